The van der Waals surface area contributed by atoms with Gasteiger partial charge in [0.15, 0.2) is 0 Å². The van der Waals surface area contributed by atoms with Gasteiger partial charge in [0.25, 0.3) is 0 Å². The molecule has 0 atom stereocenters. The van der Waals surface area contributed by atoms with E-state index in [-0.39, 0.29) is 6.10 Å². The molecule has 0 amide bonds. The second-order valence-corrected chi connectivity index (χ2v) is 4.35. The molecule has 1 N–H and O–H groups in total. The summed E-state index contributed by atoms with van der Waals surface area (Å²) in [5, 5.41) is 3.38. The molecule has 0 radical (unpaired) electrons. The number of nitrogens with one attached hydrogen (secondary N) is 1. The van der Waals surface area contributed by atoms with Crippen LogP contribution in [0.25, 0.3) is 0 Å². The summed E-state index contributed by atoms with van der Waals surface area (Å²) in [5.74, 6) is 0.943. The Labute approximate surface area is 92.6 Å². The van der Waals surface area contributed by atoms with Crippen LogP contribution in [-0.2, 0) is 6.54 Å². The summed E-state index contributed by atoms with van der Waals surface area (Å²) in [5.41, 5.74) is 1.29. The lowest BCUT2D eigenvalue weighted by molar-refractivity contribution is 0.242. The van der Waals surface area contributed by atoms with Crippen molar-refractivity contribution in [2.24, 2.45) is 0 Å². The number of rotatable bonds is 5. The lowest BCUT2D eigenvalue weighted by Crippen LogP contribution is -2.21. The van der Waals surface area contributed by atoms with Gasteiger partial charge >= 0.3 is 0 Å². The average molecular weight is 207 g/mol. The van der Waals surface area contributed by atoms with Gasteiger partial charge in [0, 0.05) is 12.6 Å². The Hall–Kier alpha value is -1.02. The third-order valence-electron chi connectivity index (χ3n) is 2.01. The van der Waals surface area contributed by atoms with E-state index >= 15 is 0 Å². The zero-order valence-corrected chi connectivity index (χ0v) is 10.1. The smallest absolute Gasteiger partial charge is 0.119 e. The van der Waals surface area contributed by atoms with Gasteiger partial charge in [0.2, 0.25) is 0 Å². The van der Waals surface area contributed by atoms with Crippen molar-refractivity contribution in [2.45, 2.75) is 46.4 Å². The normalized spacial score (nSPS) is 11.1. The monoisotopic (exact) mass is 207 g/mol. The van der Waals surface area contributed by atoms with Crippen molar-refractivity contribution in [1.82, 2.24) is 5.32 Å². The Morgan fingerprint density at radius 2 is 1.67 bits per heavy atom. The first-order valence-corrected chi connectivity index (χ1v) is 5.57. The number of hydrogen-bond acceptors (Lipinski definition) is 2. The van der Waals surface area contributed by atoms with Crippen LogP contribution in [-0.4, -0.2) is 12.1 Å². The van der Waals surface area contributed by atoms with Crippen LogP contribution < -0.4 is 10.1 Å². The highest BCUT2D eigenvalue weighted by molar-refractivity contribution is 5.27. The van der Waals surface area contributed by atoms with E-state index in [1.54, 1.807) is 0 Å². The van der Waals surface area contributed by atoms with Crippen LogP contribution in [0.1, 0.15) is 33.3 Å². The van der Waals surface area contributed by atoms with Crippen LogP contribution in [0.15, 0.2) is 24.3 Å². The van der Waals surface area contributed by atoms with E-state index < -0.39 is 0 Å². The second kappa shape index (κ2) is 5.76. The van der Waals surface area contributed by atoms with E-state index in [2.05, 4.69) is 31.3 Å². The highest BCUT2D eigenvalue weighted by atomic mass is 16.5. The summed E-state index contributed by atoms with van der Waals surface area (Å²) in [4.78, 5) is 0. The summed E-state index contributed by atoms with van der Waals surface area (Å²) in [7, 11) is 0. The van der Waals surface area contributed by atoms with Gasteiger partial charge in [-0.2, -0.15) is 0 Å². The maximum absolute atomic E-state index is 5.57. The SMILES string of the molecule is CC(C)NCc1ccc(OC(C)C)cc1. The molecule has 84 valence electrons. The van der Waals surface area contributed by atoms with E-state index in [9.17, 15) is 0 Å². The standard InChI is InChI=1S/C13H21NO/c1-10(2)14-9-12-5-7-13(8-6-12)15-11(3)4/h5-8,10-11,14H,9H2,1-4H3. The Morgan fingerprint density at radius 1 is 1.07 bits per heavy atom. The summed E-state index contributed by atoms with van der Waals surface area (Å²) in [6.07, 6.45) is 0.240. The number of benzene rings is 1. The minimum Gasteiger partial charge on any atom is -0.491 e. The molecule has 15 heavy (non-hydrogen) atoms. The fourth-order valence-corrected chi connectivity index (χ4v) is 1.28. The molecule has 0 fully saturated rings. The quantitative estimate of drug-likeness (QED) is 0.801. The van der Waals surface area contributed by atoms with Gasteiger partial charge in [0.1, 0.15) is 5.75 Å². The lowest BCUT2D eigenvalue weighted by atomic mass is 10.2. The summed E-state index contributed by atoms with van der Waals surface area (Å²) in [6.45, 7) is 9.29. The van der Waals surface area contributed by atoms with Gasteiger partial charge in [-0.25, -0.2) is 0 Å². The first kappa shape index (κ1) is 12.1. The van der Waals surface area contributed by atoms with Gasteiger partial charge in [0.05, 0.1) is 6.10 Å². The molecule has 2 heteroatoms. The first-order valence-electron chi connectivity index (χ1n) is 5.57. The molecule has 0 unspecified atom stereocenters. The van der Waals surface area contributed by atoms with Crippen molar-refractivity contribution in [1.29, 1.82) is 0 Å². The molecular weight excluding hydrogens is 186 g/mol. The fourth-order valence-electron chi connectivity index (χ4n) is 1.28. The molecule has 1 aromatic rings. The number of ether oxygens (including phenoxy) is 1. The highest BCUT2D eigenvalue weighted by Crippen LogP contribution is 2.13. The van der Waals surface area contributed by atoms with E-state index in [1.807, 2.05) is 26.0 Å². The molecule has 0 saturated carbocycles. The lowest BCUT2D eigenvalue weighted by Gasteiger charge is -2.11. The Kier molecular flexibility index (Phi) is 4.63. The van der Waals surface area contributed by atoms with Crippen LogP contribution in [0.5, 0.6) is 5.75 Å². The third kappa shape index (κ3) is 4.84. The molecule has 0 saturated heterocycles. The van der Waals surface area contributed by atoms with Gasteiger partial charge in [-0.1, -0.05) is 26.0 Å². The molecule has 0 bridgehead atoms. The molecule has 0 aliphatic heterocycles. The molecule has 0 aromatic heterocycles. The van der Waals surface area contributed by atoms with E-state index in [1.165, 1.54) is 5.56 Å². The van der Waals surface area contributed by atoms with Crippen molar-refractivity contribution >= 4 is 0 Å². The van der Waals surface area contributed by atoms with Gasteiger partial charge in [-0.3, -0.25) is 0 Å². The minimum atomic E-state index is 0.240. The largest absolute Gasteiger partial charge is 0.491 e. The van der Waals surface area contributed by atoms with Crippen molar-refractivity contribution in [2.75, 3.05) is 0 Å². The molecule has 1 aromatic carbocycles. The second-order valence-electron chi connectivity index (χ2n) is 4.35. The van der Waals surface area contributed by atoms with Crippen molar-refractivity contribution in [3.63, 3.8) is 0 Å². The zero-order valence-electron chi connectivity index (χ0n) is 10.1. The third-order valence-corrected chi connectivity index (χ3v) is 2.01. The Balaban J connectivity index is 2.49. The van der Waals surface area contributed by atoms with Gasteiger partial charge in [-0.15, -0.1) is 0 Å². The van der Waals surface area contributed by atoms with Crippen LogP contribution in [0.4, 0.5) is 0 Å². The predicted octanol–water partition coefficient (Wildman–Crippen LogP) is 2.97. The maximum atomic E-state index is 5.57. The van der Waals surface area contributed by atoms with Crippen molar-refractivity contribution < 1.29 is 4.74 Å². The van der Waals surface area contributed by atoms with E-state index in [0.29, 0.717) is 6.04 Å². The molecular formula is C13H21NO. The zero-order chi connectivity index (χ0) is 11.3. The first-order chi connectivity index (χ1) is 7.08. The van der Waals surface area contributed by atoms with E-state index in [0.717, 1.165) is 12.3 Å². The van der Waals surface area contributed by atoms with Crippen molar-refractivity contribution in [3.05, 3.63) is 29.8 Å². The topological polar surface area (TPSA) is 21.3 Å². The number of hydrogen-bond donors (Lipinski definition) is 1. The molecule has 0 spiro atoms. The van der Waals surface area contributed by atoms with Crippen LogP contribution in [0, 0.1) is 0 Å². The predicted molar refractivity (Wildman–Crippen MR) is 64.2 cm³/mol. The van der Waals surface area contributed by atoms with Gasteiger partial charge in [-0.05, 0) is 31.5 Å². The molecule has 0 aliphatic rings. The van der Waals surface area contributed by atoms with Crippen LogP contribution >= 0.6 is 0 Å². The van der Waals surface area contributed by atoms with E-state index in [4.69, 9.17) is 4.74 Å². The minimum absolute atomic E-state index is 0.240. The summed E-state index contributed by atoms with van der Waals surface area (Å²) in [6, 6.07) is 8.78. The molecule has 0 aliphatic carbocycles. The summed E-state index contributed by atoms with van der Waals surface area (Å²) >= 11 is 0. The molecule has 1 rings (SSSR count). The maximum Gasteiger partial charge on any atom is 0.119 e. The Morgan fingerprint density at radius 3 is 2.13 bits per heavy atom. The van der Waals surface area contributed by atoms with Crippen LogP contribution in [0.3, 0.4) is 0 Å². The molecule has 0 heterocycles. The molecule has 2 nitrogen and oxygen atoms in total. The van der Waals surface area contributed by atoms with Gasteiger partial charge < -0.3 is 10.1 Å². The highest BCUT2D eigenvalue weighted by Gasteiger charge is 1.98. The van der Waals surface area contributed by atoms with Crippen LogP contribution in [0.2, 0.25) is 0 Å². The van der Waals surface area contributed by atoms with Crippen molar-refractivity contribution in [3.8, 4) is 5.75 Å². The summed E-state index contributed by atoms with van der Waals surface area (Å²) < 4.78 is 5.57. The Bertz CT molecular complexity index is 277. The fraction of sp³-hybridized carbons (Fsp3) is 0.538. The average Bonchev–Trinajstić information content (AvgIpc) is 2.16.